The fourth-order valence-corrected chi connectivity index (χ4v) is 2.21. The van der Waals surface area contributed by atoms with Gasteiger partial charge < -0.3 is 0 Å². The molecule has 0 bridgehead atoms. The van der Waals surface area contributed by atoms with E-state index in [4.69, 9.17) is 0 Å². The largest absolute Gasteiger partial charge is 0.0683 e. The topological polar surface area (TPSA) is 0 Å². The van der Waals surface area contributed by atoms with Crippen molar-refractivity contribution >= 4 is 10.8 Å². The molecule has 0 radical (unpaired) electrons. The highest BCUT2D eigenvalue weighted by Gasteiger charge is 2.05. The minimum atomic E-state index is 0.598. The average Bonchev–Trinajstić information content (AvgIpc) is 2.39. The first-order valence-electron chi connectivity index (χ1n) is 6.74. The smallest absolute Gasteiger partial charge is 0.0147 e. The number of hydrogen-bond acceptors (Lipinski definition) is 0. The summed E-state index contributed by atoms with van der Waals surface area (Å²) in [6.45, 7) is 10.7. The Bertz CT molecular complexity index is 466. The van der Waals surface area contributed by atoms with Gasteiger partial charge in [-0.15, -0.1) is 0 Å². The van der Waals surface area contributed by atoms with Crippen LogP contribution in [-0.4, -0.2) is 0 Å². The summed E-state index contributed by atoms with van der Waals surface area (Å²) in [5.74, 6) is 0.598. The van der Waals surface area contributed by atoms with E-state index in [9.17, 15) is 0 Å². The zero-order valence-corrected chi connectivity index (χ0v) is 11.7. The van der Waals surface area contributed by atoms with Gasteiger partial charge in [-0.1, -0.05) is 71.0 Å². The van der Waals surface area contributed by atoms with Crippen molar-refractivity contribution in [3.8, 4) is 0 Å². The Morgan fingerprint density at radius 1 is 0.882 bits per heavy atom. The van der Waals surface area contributed by atoms with Crippen molar-refractivity contribution in [2.45, 2.75) is 47.0 Å². The molecule has 0 aliphatic heterocycles. The van der Waals surface area contributed by atoms with E-state index in [2.05, 4.69) is 57.2 Å². The van der Waals surface area contributed by atoms with Gasteiger partial charge in [0.15, 0.2) is 0 Å². The highest BCUT2D eigenvalue weighted by molar-refractivity contribution is 5.89. The Balaban J connectivity index is 0.000000686. The molecule has 0 saturated heterocycles. The Hall–Kier alpha value is -1.30. The zero-order chi connectivity index (χ0) is 12.8. The molecule has 2 aromatic rings. The Kier molecular flexibility index (Phi) is 5.21. The van der Waals surface area contributed by atoms with Crippen molar-refractivity contribution in [2.75, 3.05) is 0 Å². The molecule has 0 aliphatic rings. The molecule has 0 heteroatoms. The summed E-state index contributed by atoms with van der Waals surface area (Å²) in [5.41, 5.74) is 2.91. The molecule has 0 heterocycles. The fraction of sp³-hybridized carbons (Fsp3) is 0.412. The number of benzene rings is 2. The van der Waals surface area contributed by atoms with Crippen molar-refractivity contribution in [3.05, 3.63) is 47.5 Å². The predicted octanol–water partition coefficient (Wildman–Crippen LogP) is 5.55. The molecule has 0 saturated carbocycles. The van der Waals surface area contributed by atoms with Crippen LogP contribution < -0.4 is 0 Å². The monoisotopic (exact) mass is 228 g/mol. The van der Waals surface area contributed by atoms with Gasteiger partial charge in [0.2, 0.25) is 0 Å². The number of aryl methyl sites for hydroxylation is 1. The first-order chi connectivity index (χ1) is 8.24. The zero-order valence-electron chi connectivity index (χ0n) is 11.7. The molecule has 0 amide bonds. The van der Waals surface area contributed by atoms with Crippen LogP contribution in [0.3, 0.4) is 0 Å². The van der Waals surface area contributed by atoms with E-state index >= 15 is 0 Å². The van der Waals surface area contributed by atoms with Gasteiger partial charge in [0, 0.05) is 0 Å². The maximum Gasteiger partial charge on any atom is -0.0147 e. The lowest BCUT2D eigenvalue weighted by molar-refractivity contribution is 0.876. The van der Waals surface area contributed by atoms with Crippen molar-refractivity contribution in [1.82, 2.24) is 0 Å². The molecule has 0 nitrogen and oxygen atoms in total. The van der Waals surface area contributed by atoms with Crippen molar-refractivity contribution < 1.29 is 0 Å². The minimum Gasteiger partial charge on any atom is -0.0683 e. The second-order valence-corrected chi connectivity index (χ2v) is 4.37. The molecular weight excluding hydrogens is 204 g/mol. The van der Waals surface area contributed by atoms with E-state index in [0.717, 1.165) is 6.42 Å². The molecular formula is C17H24. The highest BCUT2D eigenvalue weighted by atomic mass is 14.1. The molecule has 0 aliphatic carbocycles. The standard InChI is InChI=1S/C15H18.C2H6/c1-4-12-7-5-10-15-13(11(2)3)8-6-9-14(12)15;1-2/h5-11H,4H2,1-3H3;1-2H3. The Morgan fingerprint density at radius 2 is 1.47 bits per heavy atom. The van der Waals surface area contributed by atoms with Gasteiger partial charge in [-0.2, -0.15) is 0 Å². The van der Waals surface area contributed by atoms with E-state index < -0.39 is 0 Å². The third-order valence-electron chi connectivity index (χ3n) is 3.05. The molecule has 0 N–H and O–H groups in total. The molecule has 2 rings (SSSR count). The third-order valence-corrected chi connectivity index (χ3v) is 3.05. The summed E-state index contributed by atoms with van der Waals surface area (Å²) in [4.78, 5) is 0. The van der Waals surface area contributed by atoms with Gasteiger partial charge in [-0.25, -0.2) is 0 Å². The third kappa shape index (κ3) is 2.88. The molecule has 17 heavy (non-hydrogen) atoms. The quantitative estimate of drug-likeness (QED) is 0.632. The Morgan fingerprint density at radius 3 is 2.06 bits per heavy atom. The molecule has 0 aromatic heterocycles. The van der Waals surface area contributed by atoms with Crippen LogP contribution in [-0.2, 0) is 6.42 Å². The van der Waals surface area contributed by atoms with Gasteiger partial charge in [-0.3, -0.25) is 0 Å². The molecule has 2 aromatic carbocycles. The molecule has 0 unspecified atom stereocenters. The second-order valence-electron chi connectivity index (χ2n) is 4.37. The summed E-state index contributed by atoms with van der Waals surface area (Å²) < 4.78 is 0. The number of fused-ring (bicyclic) bond motifs is 1. The van der Waals surface area contributed by atoms with Gasteiger partial charge >= 0.3 is 0 Å². The van der Waals surface area contributed by atoms with Gasteiger partial charge in [0.25, 0.3) is 0 Å². The predicted molar refractivity (Wildman–Crippen MR) is 78.8 cm³/mol. The lowest BCUT2D eigenvalue weighted by Crippen LogP contribution is -1.91. The van der Waals surface area contributed by atoms with Crippen molar-refractivity contribution in [2.24, 2.45) is 0 Å². The maximum atomic E-state index is 2.26. The lowest BCUT2D eigenvalue weighted by atomic mass is 9.93. The summed E-state index contributed by atoms with van der Waals surface area (Å²) in [5, 5.41) is 2.85. The molecule has 0 fully saturated rings. The van der Waals surface area contributed by atoms with Crippen molar-refractivity contribution in [1.29, 1.82) is 0 Å². The van der Waals surface area contributed by atoms with E-state index in [-0.39, 0.29) is 0 Å². The van der Waals surface area contributed by atoms with Gasteiger partial charge in [-0.05, 0) is 34.2 Å². The van der Waals surface area contributed by atoms with Crippen LogP contribution >= 0.6 is 0 Å². The molecule has 0 spiro atoms. The first-order valence-corrected chi connectivity index (χ1v) is 6.74. The SMILES string of the molecule is CC.CCc1cccc2c(C(C)C)cccc12. The average molecular weight is 228 g/mol. The lowest BCUT2D eigenvalue weighted by Gasteiger charge is -2.11. The van der Waals surface area contributed by atoms with Crippen LogP contribution in [0.4, 0.5) is 0 Å². The maximum absolute atomic E-state index is 2.26. The summed E-state index contributed by atoms with van der Waals surface area (Å²) in [7, 11) is 0. The van der Waals surface area contributed by atoms with E-state index in [0.29, 0.717) is 5.92 Å². The van der Waals surface area contributed by atoms with Crippen LogP contribution in [0.2, 0.25) is 0 Å². The van der Waals surface area contributed by atoms with Crippen LogP contribution in [0.5, 0.6) is 0 Å². The summed E-state index contributed by atoms with van der Waals surface area (Å²) in [6, 6.07) is 13.3. The Labute approximate surface area is 106 Å². The number of rotatable bonds is 2. The minimum absolute atomic E-state index is 0.598. The summed E-state index contributed by atoms with van der Waals surface area (Å²) >= 11 is 0. The van der Waals surface area contributed by atoms with Crippen LogP contribution in [0.1, 0.15) is 51.7 Å². The normalized spacial score (nSPS) is 10.2. The van der Waals surface area contributed by atoms with Crippen molar-refractivity contribution in [3.63, 3.8) is 0 Å². The van der Waals surface area contributed by atoms with E-state index in [1.54, 1.807) is 0 Å². The van der Waals surface area contributed by atoms with Gasteiger partial charge in [0.05, 0.1) is 0 Å². The van der Waals surface area contributed by atoms with E-state index in [1.807, 2.05) is 13.8 Å². The second kappa shape index (κ2) is 6.44. The first kappa shape index (κ1) is 13.8. The fourth-order valence-electron chi connectivity index (χ4n) is 2.21. The molecule has 0 atom stereocenters. The highest BCUT2D eigenvalue weighted by Crippen LogP contribution is 2.27. The molecule has 92 valence electrons. The van der Waals surface area contributed by atoms with Gasteiger partial charge in [0.1, 0.15) is 0 Å². The van der Waals surface area contributed by atoms with Crippen LogP contribution in [0.15, 0.2) is 36.4 Å². The van der Waals surface area contributed by atoms with Crippen LogP contribution in [0.25, 0.3) is 10.8 Å². The van der Waals surface area contributed by atoms with Crippen LogP contribution in [0, 0.1) is 0 Å². The summed E-state index contributed by atoms with van der Waals surface area (Å²) in [6.07, 6.45) is 1.11. The van der Waals surface area contributed by atoms with E-state index in [1.165, 1.54) is 21.9 Å². The number of hydrogen-bond donors (Lipinski definition) is 0.